The predicted molar refractivity (Wildman–Crippen MR) is 96.0 cm³/mol. The van der Waals surface area contributed by atoms with Crippen LogP contribution in [-0.4, -0.2) is 38.1 Å². The first-order chi connectivity index (χ1) is 13.9. The number of benzene rings is 1. The molecular formula is C18H18F3N7O. The molecule has 11 heteroatoms. The second-order valence-electron chi connectivity index (χ2n) is 6.75. The Hall–Kier alpha value is -3.05. The van der Waals surface area contributed by atoms with Gasteiger partial charge >= 0.3 is 6.01 Å². The van der Waals surface area contributed by atoms with Gasteiger partial charge in [0, 0.05) is 38.3 Å². The summed E-state index contributed by atoms with van der Waals surface area (Å²) in [6.45, 7) is 2.30. The molecule has 8 nitrogen and oxygen atoms in total. The molecule has 2 aromatic heterocycles. The molecule has 4 rings (SSSR count). The van der Waals surface area contributed by atoms with Crippen molar-refractivity contribution in [2.75, 3.05) is 13.1 Å². The third kappa shape index (κ3) is 4.35. The molecule has 0 unspecified atom stereocenters. The first-order valence-corrected chi connectivity index (χ1v) is 8.90. The van der Waals surface area contributed by atoms with Crippen molar-refractivity contribution >= 4 is 0 Å². The van der Waals surface area contributed by atoms with Gasteiger partial charge in [-0.2, -0.15) is 0 Å². The normalized spacial score (nSPS) is 15.0. The van der Waals surface area contributed by atoms with Crippen molar-refractivity contribution in [2.24, 2.45) is 0 Å². The van der Waals surface area contributed by atoms with E-state index in [2.05, 4.69) is 31.1 Å². The zero-order valence-corrected chi connectivity index (χ0v) is 15.4. The van der Waals surface area contributed by atoms with Crippen LogP contribution in [0, 0.1) is 5.82 Å². The van der Waals surface area contributed by atoms with Crippen molar-refractivity contribution in [3.05, 3.63) is 59.4 Å². The maximum absolute atomic E-state index is 13.7. The maximum atomic E-state index is 13.7. The van der Waals surface area contributed by atoms with E-state index in [0.29, 0.717) is 18.5 Å². The van der Waals surface area contributed by atoms with Crippen molar-refractivity contribution < 1.29 is 17.9 Å². The van der Waals surface area contributed by atoms with Gasteiger partial charge in [0.15, 0.2) is 0 Å². The van der Waals surface area contributed by atoms with Gasteiger partial charge in [0.05, 0.1) is 17.4 Å². The highest BCUT2D eigenvalue weighted by molar-refractivity contribution is 5.37. The molecule has 29 heavy (non-hydrogen) atoms. The molecule has 1 fully saturated rings. The largest absolute Gasteiger partial charge is 0.457 e. The molecule has 1 aliphatic heterocycles. The quantitative estimate of drug-likeness (QED) is 0.649. The summed E-state index contributed by atoms with van der Waals surface area (Å²) in [6, 6.07) is 3.56. The van der Waals surface area contributed by atoms with Gasteiger partial charge in [-0.3, -0.25) is 10.9 Å². The number of ether oxygens (including phenoxy) is 1. The zero-order valence-electron chi connectivity index (χ0n) is 15.4. The summed E-state index contributed by atoms with van der Waals surface area (Å²) in [5.74, 6) is -3.98. The van der Waals surface area contributed by atoms with Gasteiger partial charge in [-0.15, -0.1) is 5.10 Å². The monoisotopic (exact) mass is 405 g/mol. The Balaban J connectivity index is 1.42. The Kier molecular flexibility index (Phi) is 5.16. The van der Waals surface area contributed by atoms with Crippen molar-refractivity contribution in [2.45, 2.75) is 25.4 Å². The van der Waals surface area contributed by atoms with Gasteiger partial charge in [-0.05, 0) is 23.8 Å². The summed E-state index contributed by atoms with van der Waals surface area (Å²) in [4.78, 5) is 8.37. The third-order valence-electron chi connectivity index (χ3n) is 4.52. The maximum Gasteiger partial charge on any atom is 0.316 e. The van der Waals surface area contributed by atoms with Gasteiger partial charge in [0.25, 0.3) is 5.92 Å². The first-order valence-electron chi connectivity index (χ1n) is 8.90. The van der Waals surface area contributed by atoms with E-state index in [1.165, 1.54) is 16.9 Å². The molecule has 0 spiro atoms. The number of rotatable bonds is 6. The summed E-state index contributed by atoms with van der Waals surface area (Å²) in [5, 5.41) is 7.82. The summed E-state index contributed by atoms with van der Waals surface area (Å²) in [6.07, 6.45) is 4.93. The van der Waals surface area contributed by atoms with Crippen LogP contribution in [0.4, 0.5) is 13.2 Å². The second-order valence-corrected chi connectivity index (χ2v) is 6.75. The Morgan fingerprint density at radius 3 is 2.62 bits per heavy atom. The van der Waals surface area contributed by atoms with E-state index < -0.39 is 17.3 Å². The lowest BCUT2D eigenvalue weighted by atomic mass is 10.0. The fourth-order valence-electron chi connectivity index (χ4n) is 2.93. The minimum atomic E-state index is -3.30. The van der Waals surface area contributed by atoms with E-state index >= 15 is 0 Å². The molecule has 3 aromatic rings. The summed E-state index contributed by atoms with van der Waals surface area (Å²) < 4.78 is 47.5. The SMILES string of the molecule is CC(F)(F)c1cc(-n2cc(COc3ncc(C4CNNC4)cn3)nn2)ccc1F. The highest BCUT2D eigenvalue weighted by Gasteiger charge is 2.28. The summed E-state index contributed by atoms with van der Waals surface area (Å²) in [7, 11) is 0. The molecule has 152 valence electrons. The Labute approximate surface area is 164 Å². The Morgan fingerprint density at radius 2 is 1.93 bits per heavy atom. The number of hydrazine groups is 1. The number of nitrogens with one attached hydrogen (secondary N) is 2. The van der Waals surface area contributed by atoms with Gasteiger partial charge in [0.1, 0.15) is 18.1 Å². The first kappa shape index (κ1) is 19.3. The number of halogens is 3. The molecule has 0 radical (unpaired) electrons. The predicted octanol–water partition coefficient (Wildman–Crippen LogP) is 2.08. The van der Waals surface area contributed by atoms with Crippen molar-refractivity contribution in [1.29, 1.82) is 0 Å². The van der Waals surface area contributed by atoms with Crippen molar-refractivity contribution in [3.63, 3.8) is 0 Å². The van der Waals surface area contributed by atoms with E-state index in [1.807, 2.05) is 0 Å². The molecule has 1 saturated heterocycles. The van der Waals surface area contributed by atoms with Crippen LogP contribution < -0.4 is 15.6 Å². The lowest BCUT2D eigenvalue weighted by molar-refractivity contribution is 0.0137. The van der Waals surface area contributed by atoms with Crippen LogP contribution in [0.25, 0.3) is 5.69 Å². The van der Waals surface area contributed by atoms with Gasteiger partial charge < -0.3 is 4.74 Å². The molecule has 3 heterocycles. The Morgan fingerprint density at radius 1 is 1.21 bits per heavy atom. The molecule has 2 N–H and O–H groups in total. The fourth-order valence-corrected chi connectivity index (χ4v) is 2.93. The second kappa shape index (κ2) is 7.76. The van der Waals surface area contributed by atoms with Gasteiger partial charge in [0.2, 0.25) is 0 Å². The number of hydrogen-bond acceptors (Lipinski definition) is 7. The molecule has 1 aromatic carbocycles. The van der Waals surface area contributed by atoms with E-state index in [1.54, 1.807) is 12.4 Å². The van der Waals surface area contributed by atoms with Crippen LogP contribution in [0.5, 0.6) is 6.01 Å². The highest BCUT2D eigenvalue weighted by Crippen LogP contribution is 2.30. The van der Waals surface area contributed by atoms with Crippen LogP contribution in [0.15, 0.2) is 36.8 Å². The van der Waals surface area contributed by atoms with E-state index in [0.717, 1.165) is 30.8 Å². The van der Waals surface area contributed by atoms with E-state index in [-0.39, 0.29) is 18.3 Å². The minimum absolute atomic E-state index is 0.0455. The lowest BCUT2D eigenvalue weighted by Crippen LogP contribution is -2.21. The highest BCUT2D eigenvalue weighted by atomic mass is 19.3. The molecule has 0 aliphatic carbocycles. The summed E-state index contributed by atoms with van der Waals surface area (Å²) in [5.41, 5.74) is 7.09. The number of alkyl halides is 2. The lowest BCUT2D eigenvalue weighted by Gasteiger charge is -2.12. The topological polar surface area (TPSA) is 89.8 Å². The van der Waals surface area contributed by atoms with Crippen molar-refractivity contribution in [3.8, 4) is 11.7 Å². The van der Waals surface area contributed by atoms with Crippen LogP contribution in [0.3, 0.4) is 0 Å². The number of nitrogens with zero attached hydrogens (tertiary/aromatic N) is 5. The van der Waals surface area contributed by atoms with Gasteiger partial charge in [-0.1, -0.05) is 5.21 Å². The van der Waals surface area contributed by atoms with Crippen LogP contribution in [-0.2, 0) is 12.5 Å². The van der Waals surface area contributed by atoms with E-state index in [9.17, 15) is 13.2 Å². The van der Waals surface area contributed by atoms with Gasteiger partial charge in [-0.25, -0.2) is 27.8 Å². The number of aromatic nitrogens is 5. The van der Waals surface area contributed by atoms with Crippen LogP contribution in [0.1, 0.15) is 29.7 Å². The van der Waals surface area contributed by atoms with E-state index in [4.69, 9.17) is 4.74 Å². The average molecular weight is 405 g/mol. The minimum Gasteiger partial charge on any atom is -0.457 e. The zero-order chi connectivity index (χ0) is 20.4. The molecule has 0 bridgehead atoms. The average Bonchev–Trinajstić information content (AvgIpc) is 3.39. The Bertz CT molecular complexity index is 982. The third-order valence-corrected chi connectivity index (χ3v) is 4.52. The smallest absolute Gasteiger partial charge is 0.316 e. The van der Waals surface area contributed by atoms with Crippen LogP contribution in [0.2, 0.25) is 0 Å². The molecular weight excluding hydrogens is 387 g/mol. The molecule has 0 saturated carbocycles. The fraction of sp³-hybridized carbons (Fsp3) is 0.333. The summed E-state index contributed by atoms with van der Waals surface area (Å²) >= 11 is 0. The standard InChI is InChI=1S/C18H18F3N7O/c1-18(20,21)15-4-14(2-3-16(15)19)28-9-13(26-27-28)10-29-17-22-5-11(6-23-17)12-7-24-25-8-12/h2-6,9,12,24-25H,7-8,10H2,1H3. The molecule has 1 aliphatic rings. The molecule has 0 atom stereocenters. The molecule has 0 amide bonds. The number of hydrogen-bond donors (Lipinski definition) is 2. The van der Waals surface area contributed by atoms with Crippen LogP contribution >= 0.6 is 0 Å². The van der Waals surface area contributed by atoms with Crippen molar-refractivity contribution in [1.82, 2.24) is 35.8 Å².